The summed E-state index contributed by atoms with van der Waals surface area (Å²) in [5.41, 5.74) is 4.18. The van der Waals surface area contributed by atoms with Gasteiger partial charge in [0.1, 0.15) is 0 Å². The number of halogens is 2. The summed E-state index contributed by atoms with van der Waals surface area (Å²) in [5, 5.41) is 5.96. The van der Waals surface area contributed by atoms with Crippen molar-refractivity contribution in [2.75, 3.05) is 29.9 Å². The highest BCUT2D eigenvalue weighted by Crippen LogP contribution is 2.28. The van der Waals surface area contributed by atoms with Gasteiger partial charge in [-0.15, -0.1) is 0 Å². The molecule has 1 aliphatic carbocycles. The van der Waals surface area contributed by atoms with Gasteiger partial charge in [0.25, 0.3) is 0 Å². The van der Waals surface area contributed by atoms with Gasteiger partial charge in [0, 0.05) is 37.1 Å². The molecule has 1 aliphatic heterocycles. The zero-order valence-electron chi connectivity index (χ0n) is 15.8. The Morgan fingerprint density at radius 2 is 1.96 bits per heavy atom. The topological polar surface area (TPSA) is 44.4 Å². The number of nitrogens with one attached hydrogen (secondary N) is 2. The molecule has 0 bridgehead atoms. The van der Waals surface area contributed by atoms with Gasteiger partial charge in [0.2, 0.25) is 0 Å². The Morgan fingerprint density at radius 1 is 1.11 bits per heavy atom. The molecule has 4 nitrogen and oxygen atoms in total. The number of carbonyl (C=O) groups is 1. The van der Waals surface area contributed by atoms with Crippen LogP contribution in [0.4, 0.5) is 25.0 Å². The molecule has 2 N–H and O–H groups in total. The van der Waals surface area contributed by atoms with Gasteiger partial charge >= 0.3 is 6.03 Å². The monoisotopic (exact) mass is 385 g/mol. The number of hydrogen-bond acceptors (Lipinski definition) is 2. The molecule has 1 heterocycles. The maximum absolute atomic E-state index is 13.4. The molecule has 2 aliphatic rings. The van der Waals surface area contributed by atoms with Crippen LogP contribution in [0.5, 0.6) is 0 Å². The summed E-state index contributed by atoms with van der Waals surface area (Å²) in [7, 11) is 0. The molecule has 1 saturated heterocycles. The third kappa shape index (κ3) is 4.11. The second-order valence-electron chi connectivity index (χ2n) is 7.68. The number of urea groups is 1. The second kappa shape index (κ2) is 8.17. The van der Waals surface area contributed by atoms with Crippen molar-refractivity contribution in [2.45, 2.75) is 32.1 Å². The zero-order valence-corrected chi connectivity index (χ0v) is 15.8. The highest BCUT2D eigenvalue weighted by Gasteiger charge is 2.24. The van der Waals surface area contributed by atoms with Gasteiger partial charge in [-0.2, -0.15) is 0 Å². The number of amides is 2. The summed E-state index contributed by atoms with van der Waals surface area (Å²) in [4.78, 5) is 14.4. The molecule has 2 amide bonds. The highest BCUT2D eigenvalue weighted by molar-refractivity contribution is 5.90. The van der Waals surface area contributed by atoms with Crippen molar-refractivity contribution in [3.8, 4) is 0 Å². The lowest BCUT2D eigenvalue weighted by Crippen LogP contribution is -2.34. The highest BCUT2D eigenvalue weighted by atomic mass is 19.2. The fourth-order valence-electron chi connectivity index (χ4n) is 4.22. The van der Waals surface area contributed by atoms with Crippen molar-refractivity contribution in [3.63, 3.8) is 0 Å². The minimum absolute atomic E-state index is 0.190. The number of nitrogens with zero attached hydrogens (tertiary/aromatic N) is 1. The van der Waals surface area contributed by atoms with Crippen LogP contribution in [0.25, 0.3) is 0 Å². The van der Waals surface area contributed by atoms with E-state index in [1.807, 2.05) is 17.0 Å². The molecule has 2 aromatic rings. The Labute approximate surface area is 163 Å². The van der Waals surface area contributed by atoms with Gasteiger partial charge in [0.15, 0.2) is 11.6 Å². The van der Waals surface area contributed by atoms with Gasteiger partial charge in [-0.3, -0.25) is 0 Å². The van der Waals surface area contributed by atoms with Crippen LogP contribution in [0.3, 0.4) is 0 Å². The molecule has 1 atom stereocenters. The van der Waals surface area contributed by atoms with Crippen molar-refractivity contribution in [3.05, 3.63) is 59.2 Å². The quantitative estimate of drug-likeness (QED) is 0.814. The summed E-state index contributed by atoms with van der Waals surface area (Å²) in [6.45, 7) is 2.04. The summed E-state index contributed by atoms with van der Waals surface area (Å²) in [6.07, 6.45) is 5.36. The number of fused-ring (bicyclic) bond motifs is 1. The zero-order chi connectivity index (χ0) is 19.5. The molecular weight excluding hydrogens is 360 g/mol. The third-order valence-electron chi connectivity index (χ3n) is 5.75. The first-order valence-corrected chi connectivity index (χ1v) is 9.96. The van der Waals surface area contributed by atoms with E-state index in [1.165, 1.54) is 23.6 Å². The summed E-state index contributed by atoms with van der Waals surface area (Å²) < 4.78 is 26.6. The number of benzene rings is 2. The molecule has 4 rings (SSSR count). The fraction of sp³-hybridized carbons (Fsp3) is 0.409. The maximum Gasteiger partial charge on any atom is 0.319 e. The summed E-state index contributed by atoms with van der Waals surface area (Å²) in [6, 6.07) is 9.90. The number of anilines is 2. The van der Waals surface area contributed by atoms with Crippen molar-refractivity contribution in [1.82, 2.24) is 5.32 Å². The first kappa shape index (κ1) is 18.7. The largest absolute Gasteiger partial charge is 0.371 e. The van der Waals surface area contributed by atoms with Crippen LogP contribution in [0.1, 0.15) is 30.4 Å². The molecular formula is C22H25F2N3O. The minimum atomic E-state index is -0.832. The first-order chi connectivity index (χ1) is 13.6. The number of aryl methyl sites for hydroxylation is 1. The predicted molar refractivity (Wildman–Crippen MR) is 107 cm³/mol. The van der Waals surface area contributed by atoms with Crippen molar-refractivity contribution >= 4 is 17.4 Å². The maximum atomic E-state index is 13.4. The molecule has 28 heavy (non-hydrogen) atoms. The van der Waals surface area contributed by atoms with E-state index in [0.717, 1.165) is 44.0 Å². The SMILES string of the molecule is O=C(NC[C@@H]1CCN(c2ccc(F)c(F)c2)C1)Nc1cccc2c1CCCC2. The molecule has 1 fully saturated rings. The van der Waals surface area contributed by atoms with E-state index in [1.54, 1.807) is 6.07 Å². The number of carbonyl (C=O) groups excluding carboxylic acids is 1. The normalized spacial score (nSPS) is 18.6. The summed E-state index contributed by atoms with van der Waals surface area (Å²) in [5.74, 6) is -1.38. The number of rotatable bonds is 4. The second-order valence-corrected chi connectivity index (χ2v) is 7.68. The Bertz CT molecular complexity index is 871. The average Bonchev–Trinajstić information content (AvgIpc) is 3.18. The van der Waals surface area contributed by atoms with Crippen LogP contribution >= 0.6 is 0 Å². The van der Waals surface area contributed by atoms with E-state index in [9.17, 15) is 13.6 Å². The van der Waals surface area contributed by atoms with E-state index >= 15 is 0 Å². The van der Waals surface area contributed by atoms with Crippen LogP contribution in [0, 0.1) is 17.6 Å². The Balaban J connectivity index is 1.29. The molecule has 0 saturated carbocycles. The predicted octanol–water partition coefficient (Wildman–Crippen LogP) is 4.49. The van der Waals surface area contributed by atoms with Gasteiger partial charge in [0.05, 0.1) is 0 Å². The number of hydrogen-bond donors (Lipinski definition) is 2. The van der Waals surface area contributed by atoms with Gasteiger partial charge in [-0.05, 0) is 67.3 Å². The molecule has 0 unspecified atom stereocenters. The molecule has 0 spiro atoms. The van der Waals surface area contributed by atoms with Crippen LogP contribution in [-0.2, 0) is 12.8 Å². The lowest BCUT2D eigenvalue weighted by molar-refractivity contribution is 0.250. The van der Waals surface area contributed by atoms with Crippen LogP contribution in [0.15, 0.2) is 36.4 Å². The van der Waals surface area contributed by atoms with E-state index in [2.05, 4.69) is 16.7 Å². The lowest BCUT2D eigenvalue weighted by atomic mass is 9.90. The molecule has 0 aromatic heterocycles. The van der Waals surface area contributed by atoms with Gasteiger partial charge in [-0.25, -0.2) is 13.6 Å². The molecule has 2 aromatic carbocycles. The molecule has 0 radical (unpaired) electrons. The van der Waals surface area contributed by atoms with E-state index in [0.29, 0.717) is 18.8 Å². The van der Waals surface area contributed by atoms with Crippen molar-refractivity contribution < 1.29 is 13.6 Å². The Kier molecular flexibility index (Phi) is 5.46. The van der Waals surface area contributed by atoms with Crippen LogP contribution in [0.2, 0.25) is 0 Å². The third-order valence-corrected chi connectivity index (χ3v) is 5.75. The van der Waals surface area contributed by atoms with Crippen LogP contribution < -0.4 is 15.5 Å². The lowest BCUT2D eigenvalue weighted by Gasteiger charge is -2.20. The van der Waals surface area contributed by atoms with E-state index < -0.39 is 11.6 Å². The van der Waals surface area contributed by atoms with E-state index in [4.69, 9.17) is 0 Å². The minimum Gasteiger partial charge on any atom is -0.371 e. The average molecular weight is 385 g/mol. The van der Waals surface area contributed by atoms with Crippen molar-refractivity contribution in [2.24, 2.45) is 5.92 Å². The Morgan fingerprint density at radius 3 is 2.82 bits per heavy atom. The fourth-order valence-corrected chi connectivity index (χ4v) is 4.22. The van der Waals surface area contributed by atoms with Crippen molar-refractivity contribution in [1.29, 1.82) is 0 Å². The van der Waals surface area contributed by atoms with Crippen LogP contribution in [-0.4, -0.2) is 25.7 Å². The Hall–Kier alpha value is -2.63. The molecule has 6 heteroatoms. The standard InChI is InChI=1S/C22H25F2N3O/c23-19-9-8-17(12-20(19)24)27-11-10-15(14-27)13-25-22(28)26-21-7-3-5-16-4-1-2-6-18(16)21/h3,5,7-9,12,15H,1-2,4,6,10-11,13-14H2,(H2,25,26,28)/t15-/m0/s1. The summed E-state index contributed by atoms with van der Waals surface area (Å²) >= 11 is 0. The molecule has 148 valence electrons. The smallest absolute Gasteiger partial charge is 0.319 e. The van der Waals surface area contributed by atoms with Gasteiger partial charge < -0.3 is 15.5 Å². The first-order valence-electron chi connectivity index (χ1n) is 9.96. The van der Waals surface area contributed by atoms with Gasteiger partial charge in [-0.1, -0.05) is 12.1 Å². The van der Waals surface area contributed by atoms with E-state index in [-0.39, 0.29) is 11.9 Å².